The molecule has 0 radical (unpaired) electrons. The van der Waals surface area contributed by atoms with Gasteiger partial charge in [0.05, 0.1) is 4.90 Å². The molecule has 0 aromatic heterocycles. The van der Waals surface area contributed by atoms with Crippen molar-refractivity contribution in [1.29, 1.82) is 0 Å². The number of sulfonamides is 1. The fraction of sp³-hybridized carbons (Fsp3) is 0.462. The Bertz CT molecular complexity index is 560. The maximum atomic E-state index is 12.1. The molecule has 0 atom stereocenters. The van der Waals surface area contributed by atoms with E-state index in [4.69, 9.17) is 18.0 Å². The van der Waals surface area contributed by atoms with E-state index in [2.05, 4.69) is 25.5 Å². The Labute approximate surface area is 120 Å². The van der Waals surface area contributed by atoms with E-state index in [0.717, 1.165) is 6.42 Å². The highest BCUT2D eigenvalue weighted by atomic mass is 32.2. The minimum absolute atomic E-state index is 0.0865. The third-order valence-corrected chi connectivity index (χ3v) is 4.29. The number of benzene rings is 1. The van der Waals surface area contributed by atoms with Gasteiger partial charge in [0.15, 0.2) is 0 Å². The zero-order chi connectivity index (χ0) is 14.7. The summed E-state index contributed by atoms with van der Waals surface area (Å²) in [7, 11) is -3.50. The maximum absolute atomic E-state index is 12.1. The highest BCUT2D eigenvalue weighted by molar-refractivity contribution is 7.89. The lowest BCUT2D eigenvalue weighted by Crippen LogP contribution is -2.27. The molecule has 1 rings (SSSR count). The van der Waals surface area contributed by atoms with E-state index in [1.165, 1.54) is 12.1 Å². The van der Waals surface area contributed by atoms with Gasteiger partial charge < -0.3 is 5.73 Å². The monoisotopic (exact) mass is 300 g/mol. The number of thiocarbonyl (C=S) groups is 1. The van der Waals surface area contributed by atoms with Crippen LogP contribution in [0.1, 0.15) is 32.8 Å². The van der Waals surface area contributed by atoms with Crippen molar-refractivity contribution in [2.45, 2.75) is 32.1 Å². The van der Waals surface area contributed by atoms with E-state index in [-0.39, 0.29) is 15.3 Å². The van der Waals surface area contributed by atoms with Crippen LogP contribution in [-0.2, 0) is 10.0 Å². The Hall–Kier alpha value is -0.980. The predicted molar refractivity (Wildman–Crippen MR) is 81.6 cm³/mol. The second-order valence-electron chi connectivity index (χ2n) is 5.60. The highest BCUT2D eigenvalue weighted by Gasteiger charge is 2.16. The second-order valence-corrected chi connectivity index (χ2v) is 7.81. The predicted octanol–water partition coefficient (Wildman–Crippen LogP) is 2.04. The van der Waals surface area contributed by atoms with Gasteiger partial charge in [0.25, 0.3) is 0 Å². The minimum atomic E-state index is -3.50. The van der Waals surface area contributed by atoms with Crippen molar-refractivity contribution >= 4 is 27.2 Å². The van der Waals surface area contributed by atoms with E-state index < -0.39 is 10.0 Å². The summed E-state index contributed by atoms with van der Waals surface area (Å²) < 4.78 is 26.8. The molecule has 0 heterocycles. The average molecular weight is 300 g/mol. The van der Waals surface area contributed by atoms with Crippen molar-refractivity contribution in [2.24, 2.45) is 11.1 Å². The first-order chi connectivity index (χ1) is 8.62. The van der Waals surface area contributed by atoms with E-state index in [9.17, 15) is 8.42 Å². The topological polar surface area (TPSA) is 72.2 Å². The second kappa shape index (κ2) is 5.98. The van der Waals surface area contributed by atoms with Crippen LogP contribution in [0.25, 0.3) is 0 Å². The molecule has 0 saturated heterocycles. The fourth-order valence-electron chi connectivity index (χ4n) is 1.46. The zero-order valence-corrected chi connectivity index (χ0v) is 13.1. The molecule has 1 aromatic rings. The summed E-state index contributed by atoms with van der Waals surface area (Å²) in [5, 5.41) is 0. The molecule has 4 nitrogen and oxygen atoms in total. The number of rotatable bonds is 5. The van der Waals surface area contributed by atoms with Crippen molar-refractivity contribution in [3.8, 4) is 0 Å². The number of nitrogens with one attached hydrogen (secondary N) is 1. The zero-order valence-electron chi connectivity index (χ0n) is 11.4. The molecule has 0 saturated carbocycles. The van der Waals surface area contributed by atoms with Gasteiger partial charge in [-0.3, -0.25) is 0 Å². The summed E-state index contributed by atoms with van der Waals surface area (Å²) in [6.07, 6.45) is 0.765. The first kappa shape index (κ1) is 16.1. The van der Waals surface area contributed by atoms with Gasteiger partial charge in [0, 0.05) is 12.1 Å². The summed E-state index contributed by atoms with van der Waals surface area (Å²) >= 11 is 4.84. The van der Waals surface area contributed by atoms with Crippen LogP contribution in [0.2, 0.25) is 0 Å². The van der Waals surface area contributed by atoms with Crippen molar-refractivity contribution in [1.82, 2.24) is 4.72 Å². The Kier molecular flexibility index (Phi) is 5.06. The van der Waals surface area contributed by atoms with Crippen molar-refractivity contribution in [3.05, 3.63) is 29.8 Å². The molecular formula is C13H20N2O2S2. The van der Waals surface area contributed by atoms with Gasteiger partial charge in [0.1, 0.15) is 4.99 Å². The van der Waals surface area contributed by atoms with Crippen LogP contribution in [0.5, 0.6) is 0 Å². The molecule has 19 heavy (non-hydrogen) atoms. The van der Waals surface area contributed by atoms with Crippen molar-refractivity contribution < 1.29 is 8.42 Å². The van der Waals surface area contributed by atoms with Gasteiger partial charge in [0.2, 0.25) is 10.0 Å². The van der Waals surface area contributed by atoms with E-state index in [1.807, 2.05) is 0 Å². The van der Waals surface area contributed by atoms with Crippen LogP contribution >= 0.6 is 12.2 Å². The Balaban J connectivity index is 2.83. The maximum Gasteiger partial charge on any atom is 0.240 e. The highest BCUT2D eigenvalue weighted by Crippen LogP contribution is 2.18. The van der Waals surface area contributed by atoms with Crippen molar-refractivity contribution in [3.63, 3.8) is 0 Å². The lowest BCUT2D eigenvalue weighted by molar-refractivity contribution is 0.378. The molecule has 3 N–H and O–H groups in total. The van der Waals surface area contributed by atoms with Crippen LogP contribution in [0, 0.1) is 5.41 Å². The molecule has 1 aromatic carbocycles. The van der Waals surface area contributed by atoms with E-state index >= 15 is 0 Å². The standard InChI is InChI=1S/C13H20N2O2S2/c1-13(2,3)7-8-15-19(16,17)11-6-4-5-10(9-11)12(14)18/h4-6,9,15H,7-8H2,1-3H3,(H2,14,18). The third kappa shape index (κ3) is 5.26. The Morgan fingerprint density at radius 2 is 2.00 bits per heavy atom. The van der Waals surface area contributed by atoms with Gasteiger partial charge in [-0.25, -0.2) is 13.1 Å². The first-order valence-electron chi connectivity index (χ1n) is 6.01. The number of hydrogen-bond acceptors (Lipinski definition) is 3. The molecule has 0 amide bonds. The molecule has 0 spiro atoms. The lowest BCUT2D eigenvalue weighted by atomic mass is 9.93. The summed E-state index contributed by atoms with van der Waals surface area (Å²) in [5.74, 6) is 0. The molecule has 106 valence electrons. The fourth-order valence-corrected chi connectivity index (χ4v) is 2.66. The summed E-state index contributed by atoms with van der Waals surface area (Å²) in [6.45, 7) is 6.60. The van der Waals surface area contributed by atoms with Gasteiger partial charge in [-0.15, -0.1) is 0 Å². The minimum Gasteiger partial charge on any atom is -0.389 e. The van der Waals surface area contributed by atoms with Gasteiger partial charge >= 0.3 is 0 Å². The van der Waals surface area contributed by atoms with Gasteiger partial charge in [-0.2, -0.15) is 0 Å². The van der Waals surface area contributed by atoms with Gasteiger partial charge in [-0.1, -0.05) is 45.1 Å². The van der Waals surface area contributed by atoms with Crippen LogP contribution in [0.3, 0.4) is 0 Å². The Morgan fingerprint density at radius 1 is 1.37 bits per heavy atom. The van der Waals surface area contributed by atoms with Crippen LogP contribution < -0.4 is 10.5 Å². The summed E-state index contributed by atoms with van der Waals surface area (Å²) in [6, 6.07) is 6.34. The van der Waals surface area contributed by atoms with Crippen LogP contribution in [0.4, 0.5) is 0 Å². The Morgan fingerprint density at radius 3 is 2.53 bits per heavy atom. The number of hydrogen-bond donors (Lipinski definition) is 2. The average Bonchev–Trinajstić information content (AvgIpc) is 2.27. The largest absolute Gasteiger partial charge is 0.389 e. The lowest BCUT2D eigenvalue weighted by Gasteiger charge is -2.18. The third-order valence-electron chi connectivity index (χ3n) is 2.60. The molecule has 0 aliphatic heterocycles. The van der Waals surface area contributed by atoms with Gasteiger partial charge in [-0.05, 0) is 24.0 Å². The number of nitrogens with two attached hydrogens (primary N) is 1. The van der Waals surface area contributed by atoms with Crippen LogP contribution in [0.15, 0.2) is 29.2 Å². The first-order valence-corrected chi connectivity index (χ1v) is 7.90. The summed E-state index contributed by atoms with van der Waals surface area (Å²) in [4.78, 5) is 0.374. The molecule has 0 unspecified atom stereocenters. The molecule has 6 heteroatoms. The molecule has 0 fully saturated rings. The quantitative estimate of drug-likeness (QED) is 0.816. The van der Waals surface area contributed by atoms with E-state index in [0.29, 0.717) is 12.1 Å². The molecule has 0 bridgehead atoms. The molecule has 0 aliphatic carbocycles. The van der Waals surface area contributed by atoms with E-state index in [1.54, 1.807) is 12.1 Å². The molecule has 0 aliphatic rings. The van der Waals surface area contributed by atoms with Crippen LogP contribution in [-0.4, -0.2) is 20.0 Å². The normalized spacial score (nSPS) is 12.4. The smallest absolute Gasteiger partial charge is 0.240 e. The SMILES string of the molecule is CC(C)(C)CCNS(=O)(=O)c1cccc(C(N)=S)c1. The molecular weight excluding hydrogens is 280 g/mol. The van der Waals surface area contributed by atoms with Crippen molar-refractivity contribution in [2.75, 3.05) is 6.54 Å². The summed E-state index contributed by atoms with van der Waals surface area (Å²) in [5.41, 5.74) is 6.14.